The van der Waals surface area contributed by atoms with E-state index in [4.69, 9.17) is 14.2 Å². The lowest BCUT2D eigenvalue weighted by Gasteiger charge is -2.44. The molecule has 0 saturated carbocycles. The topological polar surface area (TPSA) is 146 Å². The van der Waals surface area contributed by atoms with E-state index in [0.29, 0.717) is 5.75 Å². The number of carbonyl (C=O) groups excluding carboxylic acids is 5. The Balaban J connectivity index is 1.67. The van der Waals surface area contributed by atoms with Gasteiger partial charge in [0.05, 0.1) is 26.6 Å². The van der Waals surface area contributed by atoms with Crippen molar-refractivity contribution in [1.29, 1.82) is 0 Å². The molecule has 1 unspecified atom stereocenters. The molecule has 2 saturated heterocycles. The maximum atomic E-state index is 12.6. The van der Waals surface area contributed by atoms with Gasteiger partial charge in [0.2, 0.25) is 16.9 Å². The molecule has 2 heterocycles. The molecule has 32 heavy (non-hydrogen) atoms. The molecule has 0 aromatic heterocycles. The van der Waals surface area contributed by atoms with Crippen LogP contribution in [0.15, 0.2) is 12.2 Å². The van der Waals surface area contributed by atoms with Crippen molar-refractivity contribution in [3.8, 4) is 0 Å². The maximum absolute atomic E-state index is 12.6. The van der Waals surface area contributed by atoms with Crippen LogP contribution < -0.4 is 10.6 Å². The zero-order valence-corrected chi connectivity index (χ0v) is 19.1. The minimum absolute atomic E-state index is 0.0381. The summed E-state index contributed by atoms with van der Waals surface area (Å²) in [7, 11) is 1.21. The molecule has 2 atom stereocenters. The highest BCUT2D eigenvalue weighted by molar-refractivity contribution is 8.14. The van der Waals surface area contributed by atoms with Crippen LogP contribution in [-0.2, 0) is 42.9 Å². The highest BCUT2D eigenvalue weighted by Crippen LogP contribution is 2.41. The summed E-state index contributed by atoms with van der Waals surface area (Å²) >= 11 is 0.945. The van der Waals surface area contributed by atoms with E-state index in [2.05, 4.69) is 15.4 Å². The van der Waals surface area contributed by atoms with Crippen molar-refractivity contribution in [1.82, 2.24) is 10.6 Å². The Morgan fingerprint density at radius 1 is 1.19 bits per heavy atom. The van der Waals surface area contributed by atoms with Crippen LogP contribution in [0.3, 0.4) is 0 Å². The molecule has 2 aliphatic heterocycles. The van der Waals surface area contributed by atoms with Gasteiger partial charge in [-0.2, -0.15) is 0 Å². The molecule has 0 bridgehead atoms. The van der Waals surface area contributed by atoms with E-state index in [1.807, 2.05) is 0 Å². The fourth-order valence-electron chi connectivity index (χ4n) is 2.94. The van der Waals surface area contributed by atoms with Crippen molar-refractivity contribution >= 4 is 40.6 Å². The Morgan fingerprint density at radius 2 is 1.94 bits per heavy atom. The Bertz CT molecular complexity index is 783. The molecule has 0 aliphatic carbocycles. The lowest BCUT2D eigenvalue weighted by Crippen LogP contribution is -2.58. The average Bonchev–Trinajstić information content (AvgIpc) is 3.11. The maximum Gasteiger partial charge on any atom is 0.330 e. The van der Waals surface area contributed by atoms with Crippen LogP contribution in [0.2, 0.25) is 0 Å². The third-order valence-corrected chi connectivity index (χ3v) is 5.52. The van der Waals surface area contributed by atoms with Crippen molar-refractivity contribution < 1.29 is 42.9 Å². The molecule has 2 N–H and O–H groups in total. The van der Waals surface area contributed by atoms with E-state index in [-0.39, 0.29) is 50.0 Å². The Morgan fingerprint density at radius 3 is 2.59 bits per heavy atom. The van der Waals surface area contributed by atoms with Crippen LogP contribution >= 0.6 is 11.8 Å². The molecule has 11 nitrogen and oxygen atoms in total. The SMILES string of the molecule is COC(=O)/C=C/C(=O)SCCNC(=O)CCNC(=O)[C@@H]1OC2(CCC(=O)O2)OCC1(C)C. The molecule has 0 aromatic rings. The largest absolute Gasteiger partial charge is 0.466 e. The van der Waals surface area contributed by atoms with Gasteiger partial charge >= 0.3 is 17.9 Å². The minimum atomic E-state index is -1.52. The lowest BCUT2D eigenvalue weighted by atomic mass is 9.85. The van der Waals surface area contributed by atoms with E-state index in [1.165, 1.54) is 7.11 Å². The molecule has 2 amide bonds. The first kappa shape index (κ1) is 25.8. The van der Waals surface area contributed by atoms with E-state index < -0.39 is 35.3 Å². The second-order valence-electron chi connectivity index (χ2n) is 7.85. The summed E-state index contributed by atoms with van der Waals surface area (Å²) in [6, 6.07) is 0. The summed E-state index contributed by atoms with van der Waals surface area (Å²) in [5, 5.41) is 4.97. The molecule has 2 aliphatic rings. The lowest BCUT2D eigenvalue weighted by molar-refractivity contribution is -0.404. The molecule has 178 valence electrons. The molecule has 2 rings (SSSR count). The predicted octanol–water partition coefficient (Wildman–Crippen LogP) is 0.0303. The number of esters is 2. The third kappa shape index (κ3) is 7.61. The van der Waals surface area contributed by atoms with Gasteiger partial charge in [0.25, 0.3) is 0 Å². The summed E-state index contributed by atoms with van der Waals surface area (Å²) < 4.78 is 20.8. The first-order chi connectivity index (χ1) is 15.1. The van der Waals surface area contributed by atoms with Gasteiger partial charge < -0.3 is 29.6 Å². The first-order valence-corrected chi connectivity index (χ1v) is 11.1. The number of rotatable bonds is 9. The number of carbonyl (C=O) groups is 5. The zero-order chi connectivity index (χ0) is 23.8. The van der Waals surface area contributed by atoms with Gasteiger partial charge in [0.1, 0.15) is 0 Å². The van der Waals surface area contributed by atoms with Gasteiger partial charge in [-0.05, 0) is 6.08 Å². The van der Waals surface area contributed by atoms with E-state index in [1.54, 1.807) is 13.8 Å². The highest BCUT2D eigenvalue weighted by atomic mass is 32.2. The molecular formula is C20H28N2O9S. The first-order valence-electron chi connectivity index (χ1n) is 10.1. The minimum Gasteiger partial charge on any atom is -0.466 e. The summed E-state index contributed by atoms with van der Waals surface area (Å²) in [5.41, 5.74) is -0.654. The second-order valence-corrected chi connectivity index (χ2v) is 8.95. The van der Waals surface area contributed by atoms with Gasteiger partial charge in [-0.3, -0.25) is 19.2 Å². The predicted molar refractivity (Wildman–Crippen MR) is 112 cm³/mol. The molecule has 0 aromatic carbocycles. The zero-order valence-electron chi connectivity index (χ0n) is 18.3. The molecule has 1 spiro atoms. The number of methoxy groups -OCH3 is 1. The number of hydrogen-bond donors (Lipinski definition) is 2. The monoisotopic (exact) mass is 472 g/mol. The van der Waals surface area contributed by atoms with Crippen LogP contribution in [0.25, 0.3) is 0 Å². The fraction of sp³-hybridized carbons (Fsp3) is 0.650. The highest BCUT2D eigenvalue weighted by Gasteiger charge is 2.54. The number of nitrogens with one attached hydrogen (secondary N) is 2. The second kappa shape index (κ2) is 11.4. The van der Waals surface area contributed by atoms with E-state index in [9.17, 15) is 24.0 Å². The quantitative estimate of drug-likeness (QED) is 0.268. The smallest absolute Gasteiger partial charge is 0.330 e. The average molecular weight is 473 g/mol. The number of amides is 2. The van der Waals surface area contributed by atoms with Gasteiger partial charge in [0.15, 0.2) is 6.10 Å². The van der Waals surface area contributed by atoms with Crippen molar-refractivity contribution in [2.75, 3.05) is 32.6 Å². The Kier molecular flexibility index (Phi) is 9.22. The van der Waals surface area contributed by atoms with Gasteiger partial charge in [0, 0.05) is 36.8 Å². The number of thioether (sulfide) groups is 1. The standard InChI is InChI=1S/C20H28N2O9S/c1-19(2)12-29-20(8-6-15(25)30-20)31-17(19)18(27)22-9-7-13(23)21-10-11-32-16(26)5-4-14(24)28-3/h4-5,17H,6-12H2,1-3H3,(H,21,23)(H,22,27)/b5-4+/t17-,20?/m0/s1. The van der Waals surface area contributed by atoms with E-state index in [0.717, 1.165) is 23.9 Å². The molecular weight excluding hydrogens is 444 g/mol. The number of ether oxygens (including phenoxy) is 4. The molecule has 2 fully saturated rings. The van der Waals surface area contributed by atoms with Gasteiger partial charge in [-0.25, -0.2) is 4.79 Å². The van der Waals surface area contributed by atoms with Crippen molar-refractivity contribution in [3.05, 3.63) is 12.2 Å². The van der Waals surface area contributed by atoms with Crippen molar-refractivity contribution in [2.24, 2.45) is 5.41 Å². The summed E-state index contributed by atoms with van der Waals surface area (Å²) in [4.78, 5) is 58.5. The van der Waals surface area contributed by atoms with Crippen LogP contribution in [0.1, 0.15) is 33.1 Å². The number of hydrogen-bond acceptors (Lipinski definition) is 10. The summed E-state index contributed by atoms with van der Waals surface area (Å²) in [6.45, 7) is 4.10. The fourth-order valence-corrected chi connectivity index (χ4v) is 3.51. The van der Waals surface area contributed by atoms with Gasteiger partial charge in [-0.15, -0.1) is 0 Å². The van der Waals surface area contributed by atoms with Gasteiger partial charge in [-0.1, -0.05) is 25.6 Å². The Hall–Kier alpha value is -2.44. The summed E-state index contributed by atoms with van der Waals surface area (Å²) in [6.07, 6.45) is 1.62. The van der Waals surface area contributed by atoms with Crippen molar-refractivity contribution in [2.45, 2.75) is 45.2 Å². The Labute approximate surface area is 189 Å². The third-order valence-electron chi connectivity index (χ3n) is 4.69. The van der Waals surface area contributed by atoms with Crippen LogP contribution in [-0.4, -0.2) is 73.5 Å². The van der Waals surface area contributed by atoms with Crippen LogP contribution in [0, 0.1) is 5.41 Å². The molecule has 0 radical (unpaired) electrons. The van der Waals surface area contributed by atoms with E-state index >= 15 is 0 Å². The van der Waals surface area contributed by atoms with Crippen LogP contribution in [0.5, 0.6) is 0 Å². The summed E-state index contributed by atoms with van der Waals surface area (Å²) in [5.74, 6) is -2.98. The van der Waals surface area contributed by atoms with Crippen molar-refractivity contribution in [3.63, 3.8) is 0 Å². The normalized spacial score (nSPS) is 24.2. The van der Waals surface area contributed by atoms with Crippen LogP contribution in [0.4, 0.5) is 0 Å². The molecule has 12 heteroatoms.